The normalized spacial score (nSPS) is 30.6. The zero-order chi connectivity index (χ0) is 13.8. The Balaban J connectivity index is 0.00000161. The van der Waals surface area contributed by atoms with Gasteiger partial charge in [0.15, 0.2) is 0 Å². The first-order chi connectivity index (χ1) is 9.83. The lowest BCUT2D eigenvalue weighted by Gasteiger charge is -2.38. The first-order valence-electron chi connectivity index (χ1n) is 8.36. The number of rotatable bonds is 3. The highest BCUT2D eigenvalue weighted by Gasteiger charge is 2.27. The summed E-state index contributed by atoms with van der Waals surface area (Å²) in [7, 11) is 0. The summed E-state index contributed by atoms with van der Waals surface area (Å²) in [6.07, 6.45) is 7.98. The van der Waals surface area contributed by atoms with Crippen LogP contribution in [0.25, 0.3) is 0 Å². The van der Waals surface area contributed by atoms with Crippen molar-refractivity contribution in [2.75, 3.05) is 19.6 Å². The van der Waals surface area contributed by atoms with Crippen LogP contribution in [-0.2, 0) is 0 Å². The Morgan fingerprint density at radius 2 is 1.76 bits per heavy atom. The Morgan fingerprint density at radius 1 is 1.00 bits per heavy atom. The lowest BCUT2D eigenvalue weighted by atomic mass is 9.83. The molecule has 1 aromatic carbocycles. The number of hydrogen-bond donors (Lipinski definition) is 1. The summed E-state index contributed by atoms with van der Waals surface area (Å²) in [6.45, 7) is 3.73. The molecule has 0 bridgehead atoms. The van der Waals surface area contributed by atoms with Crippen molar-refractivity contribution in [3.63, 3.8) is 0 Å². The minimum atomic E-state index is 0. The monoisotopic (exact) mass is 308 g/mol. The molecule has 1 heterocycles. The summed E-state index contributed by atoms with van der Waals surface area (Å²) >= 11 is 0. The highest BCUT2D eigenvalue weighted by molar-refractivity contribution is 5.85. The van der Waals surface area contributed by atoms with E-state index in [4.69, 9.17) is 5.73 Å². The molecule has 3 atom stereocenters. The fourth-order valence-corrected chi connectivity index (χ4v) is 4.01. The smallest absolute Gasteiger partial charge is 0.00793 e. The van der Waals surface area contributed by atoms with E-state index >= 15 is 0 Å². The van der Waals surface area contributed by atoms with Crippen molar-refractivity contribution in [3.8, 4) is 0 Å². The summed E-state index contributed by atoms with van der Waals surface area (Å²) in [5.74, 6) is 1.46. The van der Waals surface area contributed by atoms with Crippen LogP contribution in [0.4, 0.5) is 0 Å². The molecule has 1 aliphatic heterocycles. The summed E-state index contributed by atoms with van der Waals surface area (Å²) in [5.41, 5.74) is 7.83. The van der Waals surface area contributed by atoms with Crippen molar-refractivity contribution < 1.29 is 0 Å². The maximum Gasteiger partial charge on any atom is 0.00793 e. The van der Waals surface area contributed by atoms with Crippen molar-refractivity contribution in [1.82, 2.24) is 4.90 Å². The van der Waals surface area contributed by atoms with E-state index < -0.39 is 0 Å². The van der Waals surface area contributed by atoms with Gasteiger partial charge in [-0.2, -0.15) is 0 Å². The second-order valence-electron chi connectivity index (χ2n) is 6.72. The van der Waals surface area contributed by atoms with Gasteiger partial charge in [-0.3, -0.25) is 0 Å². The highest BCUT2D eigenvalue weighted by Crippen LogP contribution is 2.29. The van der Waals surface area contributed by atoms with Crippen LogP contribution in [0.1, 0.15) is 50.0 Å². The van der Waals surface area contributed by atoms with E-state index in [9.17, 15) is 0 Å². The van der Waals surface area contributed by atoms with Gasteiger partial charge in [-0.1, -0.05) is 43.2 Å². The molecule has 1 saturated carbocycles. The van der Waals surface area contributed by atoms with E-state index in [-0.39, 0.29) is 12.4 Å². The van der Waals surface area contributed by atoms with E-state index in [1.54, 1.807) is 0 Å². The van der Waals surface area contributed by atoms with Crippen LogP contribution in [0.3, 0.4) is 0 Å². The van der Waals surface area contributed by atoms with Crippen molar-refractivity contribution in [1.29, 1.82) is 0 Å². The van der Waals surface area contributed by atoms with Gasteiger partial charge >= 0.3 is 0 Å². The molecule has 21 heavy (non-hydrogen) atoms. The molecule has 3 rings (SSSR count). The molecular weight excluding hydrogens is 280 g/mol. The van der Waals surface area contributed by atoms with E-state index in [1.807, 2.05) is 0 Å². The second-order valence-corrected chi connectivity index (χ2v) is 6.72. The van der Waals surface area contributed by atoms with Gasteiger partial charge in [0.05, 0.1) is 0 Å². The Labute approximate surface area is 135 Å². The third-order valence-electron chi connectivity index (χ3n) is 5.24. The van der Waals surface area contributed by atoms with Gasteiger partial charge in [0, 0.05) is 19.1 Å². The number of likely N-dealkylation sites (tertiary alicyclic amines) is 1. The molecule has 2 N–H and O–H groups in total. The zero-order valence-corrected chi connectivity index (χ0v) is 13.7. The number of nitrogens with zero attached hydrogens (tertiary/aromatic N) is 1. The molecule has 0 aromatic heterocycles. The van der Waals surface area contributed by atoms with E-state index in [1.165, 1.54) is 63.7 Å². The van der Waals surface area contributed by atoms with Crippen LogP contribution < -0.4 is 5.73 Å². The highest BCUT2D eigenvalue weighted by atomic mass is 35.5. The standard InChI is InChI=1S/C18H28N2.ClH/c19-18-11-5-4-9-17(18)14-20-12-6-10-16(13-20)15-7-2-1-3-8-15;/h1-3,7-8,16-18H,4-6,9-14,19H2;1H/t16?,17-,18+;/m1./s1. The van der Waals surface area contributed by atoms with Gasteiger partial charge in [-0.05, 0) is 49.6 Å². The quantitative estimate of drug-likeness (QED) is 0.920. The number of hydrogen-bond acceptors (Lipinski definition) is 2. The van der Waals surface area contributed by atoms with Crippen LogP contribution in [0, 0.1) is 5.92 Å². The number of benzene rings is 1. The summed E-state index contributed by atoms with van der Waals surface area (Å²) in [6, 6.07) is 11.5. The molecule has 118 valence electrons. The average Bonchev–Trinajstić information content (AvgIpc) is 2.51. The van der Waals surface area contributed by atoms with Crippen LogP contribution >= 0.6 is 12.4 Å². The molecule has 1 aromatic rings. The van der Waals surface area contributed by atoms with Crippen molar-refractivity contribution >= 4 is 12.4 Å². The third kappa shape index (κ3) is 4.45. The van der Waals surface area contributed by atoms with Gasteiger partial charge in [-0.15, -0.1) is 12.4 Å². The number of piperidine rings is 1. The predicted octanol–water partition coefficient (Wildman–Crippen LogP) is 3.81. The van der Waals surface area contributed by atoms with Gasteiger partial charge in [0.1, 0.15) is 0 Å². The maximum atomic E-state index is 6.32. The van der Waals surface area contributed by atoms with Crippen LogP contribution in [-0.4, -0.2) is 30.6 Å². The Kier molecular flexibility index (Phi) is 6.53. The minimum Gasteiger partial charge on any atom is -0.327 e. The third-order valence-corrected chi connectivity index (χ3v) is 5.24. The molecule has 0 spiro atoms. The number of nitrogens with two attached hydrogens (primary N) is 1. The lowest BCUT2D eigenvalue weighted by Crippen LogP contribution is -2.44. The molecule has 0 amide bonds. The minimum absolute atomic E-state index is 0. The molecule has 1 saturated heterocycles. The van der Waals surface area contributed by atoms with Crippen LogP contribution in [0.2, 0.25) is 0 Å². The predicted molar refractivity (Wildman–Crippen MR) is 92.0 cm³/mol. The summed E-state index contributed by atoms with van der Waals surface area (Å²) < 4.78 is 0. The van der Waals surface area contributed by atoms with Gasteiger partial charge in [-0.25, -0.2) is 0 Å². The fourth-order valence-electron chi connectivity index (χ4n) is 4.01. The van der Waals surface area contributed by atoms with Crippen molar-refractivity contribution in [2.45, 2.75) is 50.5 Å². The summed E-state index contributed by atoms with van der Waals surface area (Å²) in [5, 5.41) is 0. The van der Waals surface area contributed by atoms with Crippen LogP contribution in [0.15, 0.2) is 30.3 Å². The van der Waals surface area contributed by atoms with Crippen molar-refractivity contribution in [2.24, 2.45) is 11.7 Å². The largest absolute Gasteiger partial charge is 0.327 e. The molecule has 1 aliphatic carbocycles. The van der Waals surface area contributed by atoms with Gasteiger partial charge in [0.2, 0.25) is 0 Å². The van der Waals surface area contributed by atoms with E-state index in [0.29, 0.717) is 6.04 Å². The Bertz CT molecular complexity index is 409. The fraction of sp³-hybridized carbons (Fsp3) is 0.667. The summed E-state index contributed by atoms with van der Waals surface area (Å²) in [4.78, 5) is 2.68. The molecule has 1 unspecified atom stereocenters. The Hall–Kier alpha value is -0.570. The van der Waals surface area contributed by atoms with Gasteiger partial charge < -0.3 is 10.6 Å². The molecule has 3 heteroatoms. The van der Waals surface area contributed by atoms with Crippen LogP contribution in [0.5, 0.6) is 0 Å². The SMILES string of the molecule is Cl.N[C@H]1CCCC[C@@H]1CN1CCCC(c2ccccc2)C1. The van der Waals surface area contributed by atoms with Crippen molar-refractivity contribution in [3.05, 3.63) is 35.9 Å². The first kappa shape index (κ1) is 16.8. The first-order valence-corrected chi connectivity index (χ1v) is 8.36. The maximum absolute atomic E-state index is 6.32. The molecule has 0 radical (unpaired) electrons. The van der Waals surface area contributed by atoms with Gasteiger partial charge in [0.25, 0.3) is 0 Å². The zero-order valence-electron chi connectivity index (χ0n) is 12.9. The average molecular weight is 309 g/mol. The molecule has 2 aliphatic rings. The molecular formula is C18H29ClN2. The second kappa shape index (κ2) is 8.17. The lowest BCUT2D eigenvalue weighted by molar-refractivity contribution is 0.149. The molecule has 2 fully saturated rings. The van der Waals surface area contributed by atoms with E-state index in [0.717, 1.165) is 11.8 Å². The Morgan fingerprint density at radius 3 is 2.52 bits per heavy atom. The number of halogens is 1. The molecule has 2 nitrogen and oxygen atoms in total. The van der Waals surface area contributed by atoms with E-state index in [2.05, 4.69) is 35.2 Å². The topological polar surface area (TPSA) is 29.3 Å².